The van der Waals surface area contributed by atoms with Crippen LogP contribution in [0.3, 0.4) is 0 Å². The molecule has 0 atom stereocenters. The van der Waals surface area contributed by atoms with E-state index >= 15 is 0 Å². The van der Waals surface area contributed by atoms with E-state index in [4.69, 9.17) is 4.74 Å². The first-order valence-corrected chi connectivity index (χ1v) is 14.7. The average Bonchev–Trinajstić information content (AvgIpc) is 3.54. The Kier molecular flexibility index (Phi) is 7.26. The van der Waals surface area contributed by atoms with Crippen molar-refractivity contribution < 1.29 is 14.3 Å². The lowest BCUT2D eigenvalue weighted by atomic mass is 9.80. The number of amides is 1. The normalized spacial score (nSPS) is 23.0. The number of nitrogens with one attached hydrogen (secondary N) is 1. The molecular formula is C33H46N2O3. The Morgan fingerprint density at radius 1 is 1.05 bits per heavy atom. The van der Waals surface area contributed by atoms with Gasteiger partial charge in [-0.3, -0.25) is 9.59 Å². The maximum Gasteiger partial charge on any atom is 0.308 e. The van der Waals surface area contributed by atoms with Gasteiger partial charge in [-0.15, -0.1) is 0 Å². The molecule has 38 heavy (non-hydrogen) atoms. The molecule has 3 aliphatic rings. The maximum absolute atomic E-state index is 13.5. The lowest BCUT2D eigenvalue weighted by molar-refractivity contribution is -0.149. The summed E-state index contributed by atoms with van der Waals surface area (Å²) >= 11 is 0. The molecule has 1 aromatic carbocycles. The van der Waals surface area contributed by atoms with Gasteiger partial charge >= 0.3 is 5.97 Å². The topological polar surface area (TPSA) is 60.3 Å². The maximum atomic E-state index is 13.5. The number of nitrogens with zero attached hydrogens (tertiary/aromatic N) is 1. The van der Waals surface area contributed by atoms with Crippen LogP contribution in [-0.2, 0) is 26.9 Å². The molecule has 3 aliphatic carbocycles. The van der Waals surface area contributed by atoms with E-state index in [9.17, 15) is 9.59 Å². The highest BCUT2D eigenvalue weighted by Gasteiger charge is 2.40. The van der Waals surface area contributed by atoms with Crippen LogP contribution in [0, 0.1) is 18.8 Å². The molecule has 0 unspecified atom stereocenters. The number of carbonyl (C=O) groups is 2. The Morgan fingerprint density at radius 2 is 1.74 bits per heavy atom. The van der Waals surface area contributed by atoms with E-state index in [-0.39, 0.29) is 34.7 Å². The first-order chi connectivity index (χ1) is 18.0. The van der Waals surface area contributed by atoms with Crippen molar-refractivity contribution in [3.05, 3.63) is 46.6 Å². The molecule has 0 saturated heterocycles. The summed E-state index contributed by atoms with van der Waals surface area (Å²) in [5.74, 6) is 0.357. The Bertz CT molecular complexity index is 1180. The highest BCUT2D eigenvalue weighted by Crippen LogP contribution is 2.49. The van der Waals surface area contributed by atoms with Gasteiger partial charge in [-0.2, -0.15) is 0 Å². The van der Waals surface area contributed by atoms with Gasteiger partial charge in [0.1, 0.15) is 0 Å². The van der Waals surface area contributed by atoms with Crippen LogP contribution in [0.2, 0.25) is 0 Å². The van der Waals surface area contributed by atoms with Crippen LogP contribution in [0.15, 0.2) is 24.3 Å². The van der Waals surface area contributed by atoms with Crippen LogP contribution in [-0.4, -0.2) is 29.6 Å². The minimum atomic E-state index is -0.175. The predicted octanol–water partition coefficient (Wildman–Crippen LogP) is 7.07. The average molecular weight is 519 g/mol. The first kappa shape index (κ1) is 27.0. The number of hydrogen-bond acceptors (Lipinski definition) is 3. The summed E-state index contributed by atoms with van der Waals surface area (Å²) in [6.45, 7) is 12.3. The standard InChI is InChI=1S/C33H46N2O3/c1-21-28(30(36)34-27-16-24(17-27)31(37)38-6)19-29(35(21)20-22-10-8-7-9-11-22)23-14-25(32(2,3)4)18-26(15-23)33(5)12-13-33/h14-15,18-19,22,24,27H,7-13,16-17,20H2,1-6H3,(H,34,36)/t24-,27-. The molecule has 1 aromatic heterocycles. The summed E-state index contributed by atoms with van der Waals surface area (Å²) in [5, 5.41) is 3.20. The molecule has 3 saturated carbocycles. The van der Waals surface area contributed by atoms with Gasteiger partial charge in [-0.05, 0) is 97.1 Å². The molecule has 1 N–H and O–H groups in total. The molecule has 0 radical (unpaired) electrons. The number of aromatic nitrogens is 1. The number of methoxy groups -OCH3 is 1. The van der Waals surface area contributed by atoms with Gasteiger partial charge in [-0.1, -0.05) is 53.0 Å². The third kappa shape index (κ3) is 5.44. The van der Waals surface area contributed by atoms with Crippen LogP contribution in [0.5, 0.6) is 0 Å². The van der Waals surface area contributed by atoms with E-state index in [1.165, 1.54) is 68.7 Å². The van der Waals surface area contributed by atoms with Crippen LogP contribution in [0.1, 0.15) is 113 Å². The summed E-state index contributed by atoms with van der Waals surface area (Å²) < 4.78 is 7.30. The van der Waals surface area contributed by atoms with Gasteiger partial charge in [0.05, 0.1) is 18.6 Å². The number of rotatable bonds is 7. The van der Waals surface area contributed by atoms with Crippen molar-refractivity contribution in [1.29, 1.82) is 0 Å². The van der Waals surface area contributed by atoms with Gasteiger partial charge in [0, 0.05) is 24.0 Å². The molecule has 1 heterocycles. The Hall–Kier alpha value is -2.56. The Balaban J connectivity index is 1.50. The van der Waals surface area contributed by atoms with Crippen molar-refractivity contribution in [3.63, 3.8) is 0 Å². The molecule has 0 bridgehead atoms. The number of esters is 1. The van der Waals surface area contributed by atoms with Gasteiger partial charge in [0.2, 0.25) is 0 Å². The highest BCUT2D eigenvalue weighted by atomic mass is 16.5. The SMILES string of the molecule is COC(=O)[C@H]1C[C@H](NC(=O)c2cc(-c3cc(C(C)(C)C)cc(C4(C)CC4)c3)n(CC3CCCCC3)c2C)C1. The lowest BCUT2D eigenvalue weighted by Gasteiger charge is -2.33. The minimum Gasteiger partial charge on any atom is -0.469 e. The van der Waals surface area contributed by atoms with Crippen molar-refractivity contribution in [3.8, 4) is 11.3 Å². The Morgan fingerprint density at radius 3 is 2.34 bits per heavy atom. The molecular weight excluding hydrogens is 472 g/mol. The molecule has 5 nitrogen and oxygen atoms in total. The number of carbonyl (C=O) groups excluding carboxylic acids is 2. The first-order valence-electron chi connectivity index (χ1n) is 14.7. The van der Waals surface area contributed by atoms with Gasteiger partial charge < -0.3 is 14.6 Å². The van der Waals surface area contributed by atoms with Crippen molar-refractivity contribution in [2.75, 3.05) is 7.11 Å². The summed E-state index contributed by atoms with van der Waals surface area (Å²) in [7, 11) is 1.43. The third-order valence-electron chi connectivity index (χ3n) is 9.58. The van der Waals surface area contributed by atoms with Gasteiger partial charge in [0.15, 0.2) is 0 Å². The fourth-order valence-electron chi connectivity index (χ4n) is 6.37. The molecule has 3 fully saturated rings. The quantitative estimate of drug-likeness (QED) is 0.399. The molecule has 1 amide bonds. The molecule has 0 aliphatic heterocycles. The second kappa shape index (κ2) is 10.2. The largest absolute Gasteiger partial charge is 0.469 e. The van der Waals surface area contributed by atoms with E-state index in [0.717, 1.165) is 23.5 Å². The van der Waals surface area contributed by atoms with E-state index in [0.29, 0.717) is 18.8 Å². The fraction of sp³-hybridized carbons (Fsp3) is 0.636. The molecule has 0 spiro atoms. The molecule has 5 heteroatoms. The second-order valence-corrected chi connectivity index (χ2v) is 13.6. The zero-order valence-electron chi connectivity index (χ0n) is 24.3. The number of hydrogen-bond donors (Lipinski definition) is 1. The number of benzene rings is 1. The monoisotopic (exact) mass is 518 g/mol. The van der Waals surface area contributed by atoms with Crippen LogP contribution < -0.4 is 5.32 Å². The second-order valence-electron chi connectivity index (χ2n) is 13.6. The van der Waals surface area contributed by atoms with Crippen molar-refractivity contribution in [2.24, 2.45) is 11.8 Å². The smallest absolute Gasteiger partial charge is 0.308 e. The lowest BCUT2D eigenvalue weighted by Crippen LogP contribution is -2.47. The van der Waals surface area contributed by atoms with E-state index in [1.807, 2.05) is 0 Å². The van der Waals surface area contributed by atoms with E-state index < -0.39 is 0 Å². The fourth-order valence-corrected chi connectivity index (χ4v) is 6.37. The van der Waals surface area contributed by atoms with Crippen LogP contribution in [0.4, 0.5) is 0 Å². The summed E-state index contributed by atoms with van der Waals surface area (Å²) in [4.78, 5) is 25.3. The molecule has 206 valence electrons. The summed E-state index contributed by atoms with van der Waals surface area (Å²) in [6.07, 6.45) is 10.3. The van der Waals surface area contributed by atoms with Gasteiger partial charge in [0.25, 0.3) is 5.91 Å². The minimum absolute atomic E-state index is 0.0270. The van der Waals surface area contributed by atoms with Crippen molar-refractivity contribution >= 4 is 11.9 Å². The highest BCUT2D eigenvalue weighted by molar-refractivity contribution is 5.97. The van der Waals surface area contributed by atoms with Crippen LogP contribution in [0.25, 0.3) is 11.3 Å². The van der Waals surface area contributed by atoms with Gasteiger partial charge in [-0.25, -0.2) is 0 Å². The van der Waals surface area contributed by atoms with Crippen molar-refractivity contribution in [2.45, 2.75) is 116 Å². The predicted molar refractivity (Wildman–Crippen MR) is 152 cm³/mol. The Labute approximate surface area is 228 Å². The van der Waals surface area contributed by atoms with Crippen molar-refractivity contribution in [1.82, 2.24) is 9.88 Å². The zero-order valence-corrected chi connectivity index (χ0v) is 24.3. The molecule has 2 aromatic rings. The van der Waals surface area contributed by atoms with E-state index in [1.54, 1.807) is 0 Å². The zero-order chi connectivity index (χ0) is 27.2. The summed E-state index contributed by atoms with van der Waals surface area (Å²) in [5.41, 5.74) is 7.31. The summed E-state index contributed by atoms with van der Waals surface area (Å²) in [6, 6.07) is 9.32. The molecule has 5 rings (SSSR count). The third-order valence-corrected chi connectivity index (χ3v) is 9.58. The van der Waals surface area contributed by atoms with E-state index in [2.05, 4.69) is 68.8 Å². The van der Waals surface area contributed by atoms with Crippen LogP contribution >= 0.6 is 0 Å². The number of ether oxygens (including phenoxy) is 1.